The number of fused-ring (bicyclic) bond motifs is 1. The second-order valence-electron chi connectivity index (χ2n) is 3.42. The molecule has 1 heterocycles. The minimum Gasteiger partial charge on any atom is -0.481 e. The molecule has 0 aliphatic carbocycles. The highest BCUT2D eigenvalue weighted by Gasteiger charge is 2.10. The topological polar surface area (TPSA) is 63.1 Å². The standard InChI is InChI=1S/C11H9ClN2O2/c1-6-13-9(5-10(15)16)7-3-2-4-8(12)11(7)14-6/h2-4H,5H2,1H3,(H,15,16). The molecule has 4 nitrogen and oxygen atoms in total. The molecule has 0 aliphatic rings. The van der Waals surface area contributed by atoms with Crippen LogP contribution in [0.2, 0.25) is 5.02 Å². The molecular formula is C11H9ClN2O2. The average Bonchev–Trinajstić information content (AvgIpc) is 2.18. The van der Waals surface area contributed by atoms with Crippen LogP contribution in [-0.4, -0.2) is 21.0 Å². The lowest BCUT2D eigenvalue weighted by Gasteiger charge is -2.05. The summed E-state index contributed by atoms with van der Waals surface area (Å²) in [4.78, 5) is 19.1. The zero-order valence-corrected chi connectivity index (χ0v) is 9.32. The first-order chi connectivity index (χ1) is 7.58. The molecule has 0 unspecified atom stereocenters. The molecule has 1 aromatic heterocycles. The molecule has 1 N–H and O–H groups in total. The van der Waals surface area contributed by atoms with Crippen LogP contribution >= 0.6 is 11.6 Å². The molecule has 0 spiro atoms. The van der Waals surface area contributed by atoms with Crippen LogP contribution in [0.5, 0.6) is 0 Å². The van der Waals surface area contributed by atoms with Crippen LogP contribution in [0, 0.1) is 6.92 Å². The smallest absolute Gasteiger partial charge is 0.309 e. The van der Waals surface area contributed by atoms with E-state index in [0.29, 0.717) is 27.4 Å². The predicted octanol–water partition coefficient (Wildman–Crippen LogP) is 2.22. The van der Waals surface area contributed by atoms with Crippen molar-refractivity contribution in [2.24, 2.45) is 0 Å². The third-order valence-electron chi connectivity index (χ3n) is 2.19. The fraction of sp³-hybridized carbons (Fsp3) is 0.182. The maximum Gasteiger partial charge on any atom is 0.309 e. The van der Waals surface area contributed by atoms with E-state index in [1.165, 1.54) is 0 Å². The second-order valence-corrected chi connectivity index (χ2v) is 3.83. The molecular weight excluding hydrogens is 228 g/mol. The number of halogens is 1. The molecule has 16 heavy (non-hydrogen) atoms. The highest BCUT2D eigenvalue weighted by Crippen LogP contribution is 2.23. The van der Waals surface area contributed by atoms with E-state index in [0.717, 1.165) is 0 Å². The van der Waals surface area contributed by atoms with Crippen molar-refractivity contribution in [1.82, 2.24) is 9.97 Å². The number of carboxylic acids is 1. The van der Waals surface area contributed by atoms with E-state index < -0.39 is 5.97 Å². The third kappa shape index (κ3) is 1.97. The van der Waals surface area contributed by atoms with Gasteiger partial charge in [-0.05, 0) is 13.0 Å². The number of nitrogens with zero attached hydrogens (tertiary/aromatic N) is 2. The number of benzene rings is 1. The maximum absolute atomic E-state index is 10.7. The fourth-order valence-electron chi connectivity index (χ4n) is 1.58. The number of carbonyl (C=O) groups is 1. The summed E-state index contributed by atoms with van der Waals surface area (Å²) in [7, 11) is 0. The van der Waals surface area contributed by atoms with Crippen LogP contribution in [0.4, 0.5) is 0 Å². The highest BCUT2D eigenvalue weighted by molar-refractivity contribution is 6.35. The van der Waals surface area contributed by atoms with Gasteiger partial charge in [-0.3, -0.25) is 4.79 Å². The molecule has 0 amide bonds. The van der Waals surface area contributed by atoms with Gasteiger partial charge in [0.05, 0.1) is 22.7 Å². The lowest BCUT2D eigenvalue weighted by Crippen LogP contribution is -2.05. The number of hydrogen-bond acceptors (Lipinski definition) is 3. The van der Waals surface area contributed by atoms with Crippen LogP contribution < -0.4 is 0 Å². The van der Waals surface area contributed by atoms with Crippen LogP contribution in [0.3, 0.4) is 0 Å². The zero-order valence-electron chi connectivity index (χ0n) is 8.57. The second kappa shape index (κ2) is 4.06. The molecule has 0 saturated heterocycles. The van der Waals surface area contributed by atoms with Gasteiger partial charge in [-0.15, -0.1) is 0 Å². The number of aryl methyl sites for hydroxylation is 1. The minimum absolute atomic E-state index is 0.125. The van der Waals surface area contributed by atoms with E-state index in [9.17, 15) is 4.79 Å². The molecule has 5 heteroatoms. The van der Waals surface area contributed by atoms with Crippen LogP contribution in [-0.2, 0) is 11.2 Å². The number of hydrogen-bond donors (Lipinski definition) is 1. The van der Waals surface area contributed by atoms with Crippen LogP contribution in [0.1, 0.15) is 11.5 Å². The van der Waals surface area contributed by atoms with E-state index >= 15 is 0 Å². The minimum atomic E-state index is -0.917. The molecule has 2 aromatic rings. The van der Waals surface area contributed by atoms with Crippen molar-refractivity contribution >= 4 is 28.5 Å². The molecule has 2 rings (SSSR count). The Morgan fingerprint density at radius 1 is 1.44 bits per heavy atom. The van der Waals surface area contributed by atoms with E-state index in [-0.39, 0.29) is 6.42 Å². The number of aliphatic carboxylic acids is 1. The summed E-state index contributed by atoms with van der Waals surface area (Å²) in [6, 6.07) is 5.26. The van der Waals surface area contributed by atoms with Gasteiger partial charge < -0.3 is 5.11 Å². The van der Waals surface area contributed by atoms with Crippen molar-refractivity contribution in [2.75, 3.05) is 0 Å². The summed E-state index contributed by atoms with van der Waals surface area (Å²) in [5.74, 6) is -0.392. The number of para-hydroxylation sites is 1. The molecule has 0 saturated carbocycles. The molecule has 0 fully saturated rings. The monoisotopic (exact) mass is 236 g/mol. The van der Waals surface area contributed by atoms with E-state index in [1.807, 2.05) is 0 Å². The van der Waals surface area contributed by atoms with E-state index in [1.54, 1.807) is 25.1 Å². The molecule has 0 radical (unpaired) electrons. The first kappa shape index (κ1) is 10.8. The molecule has 0 bridgehead atoms. The van der Waals surface area contributed by atoms with Crippen LogP contribution in [0.25, 0.3) is 10.9 Å². The summed E-state index contributed by atoms with van der Waals surface area (Å²) in [5, 5.41) is 10.00. The first-order valence-corrected chi connectivity index (χ1v) is 5.09. The van der Waals surface area contributed by atoms with Gasteiger partial charge in [0.15, 0.2) is 0 Å². The van der Waals surface area contributed by atoms with Gasteiger partial charge in [0.2, 0.25) is 0 Å². The molecule has 0 aliphatic heterocycles. The fourth-order valence-corrected chi connectivity index (χ4v) is 1.80. The Kier molecular flexibility index (Phi) is 2.75. The summed E-state index contributed by atoms with van der Waals surface area (Å²) in [5.41, 5.74) is 1.10. The largest absolute Gasteiger partial charge is 0.481 e. The van der Waals surface area contributed by atoms with Crippen molar-refractivity contribution in [2.45, 2.75) is 13.3 Å². The molecule has 82 valence electrons. The Morgan fingerprint density at radius 3 is 2.88 bits per heavy atom. The first-order valence-electron chi connectivity index (χ1n) is 4.71. The van der Waals surface area contributed by atoms with Gasteiger partial charge in [-0.2, -0.15) is 0 Å². The lowest BCUT2D eigenvalue weighted by atomic mass is 10.1. The normalized spacial score (nSPS) is 10.6. The number of rotatable bonds is 2. The Balaban J connectivity index is 2.72. The van der Waals surface area contributed by atoms with Gasteiger partial charge in [0.1, 0.15) is 5.82 Å². The number of carboxylic acid groups (broad SMARTS) is 1. The predicted molar refractivity (Wildman–Crippen MR) is 60.6 cm³/mol. The van der Waals surface area contributed by atoms with Gasteiger partial charge in [0.25, 0.3) is 0 Å². The SMILES string of the molecule is Cc1nc(CC(=O)O)c2cccc(Cl)c2n1. The van der Waals surface area contributed by atoms with Crippen molar-refractivity contribution in [3.63, 3.8) is 0 Å². The van der Waals surface area contributed by atoms with Crippen molar-refractivity contribution in [1.29, 1.82) is 0 Å². The summed E-state index contributed by atoms with van der Waals surface area (Å²) < 4.78 is 0. The summed E-state index contributed by atoms with van der Waals surface area (Å²) in [6.45, 7) is 1.72. The van der Waals surface area contributed by atoms with Gasteiger partial charge in [-0.25, -0.2) is 9.97 Å². The Labute approximate surface area is 96.9 Å². The van der Waals surface area contributed by atoms with Gasteiger partial charge in [0, 0.05) is 5.39 Å². The van der Waals surface area contributed by atoms with Gasteiger partial charge >= 0.3 is 5.97 Å². The van der Waals surface area contributed by atoms with Crippen molar-refractivity contribution in [3.05, 3.63) is 34.7 Å². The quantitative estimate of drug-likeness (QED) is 0.869. The lowest BCUT2D eigenvalue weighted by molar-refractivity contribution is -0.136. The van der Waals surface area contributed by atoms with Crippen LogP contribution in [0.15, 0.2) is 18.2 Å². The maximum atomic E-state index is 10.7. The summed E-state index contributed by atoms with van der Waals surface area (Å²) in [6.07, 6.45) is -0.125. The highest BCUT2D eigenvalue weighted by atomic mass is 35.5. The molecule has 0 atom stereocenters. The average molecular weight is 237 g/mol. The Bertz CT molecular complexity index is 569. The summed E-state index contributed by atoms with van der Waals surface area (Å²) >= 11 is 6.00. The zero-order chi connectivity index (χ0) is 11.7. The van der Waals surface area contributed by atoms with E-state index in [4.69, 9.17) is 16.7 Å². The van der Waals surface area contributed by atoms with Gasteiger partial charge in [-0.1, -0.05) is 23.7 Å². The number of aromatic nitrogens is 2. The van der Waals surface area contributed by atoms with Crippen molar-refractivity contribution < 1.29 is 9.90 Å². The van der Waals surface area contributed by atoms with E-state index in [2.05, 4.69) is 9.97 Å². The van der Waals surface area contributed by atoms with Crippen molar-refractivity contribution in [3.8, 4) is 0 Å². The molecule has 1 aromatic carbocycles. The third-order valence-corrected chi connectivity index (χ3v) is 2.49. The Hall–Kier alpha value is -1.68. The Morgan fingerprint density at radius 2 is 2.19 bits per heavy atom.